The van der Waals surface area contributed by atoms with Crippen LogP contribution in [0.5, 0.6) is 0 Å². The Labute approximate surface area is 147 Å². The smallest absolute Gasteiger partial charge is 0.333 e. The van der Waals surface area contributed by atoms with Crippen LogP contribution in [0.2, 0.25) is 0 Å². The molecule has 0 N–H and O–H groups in total. The molecule has 0 aliphatic heterocycles. The van der Waals surface area contributed by atoms with Crippen LogP contribution in [0.1, 0.15) is 78.6 Å². The van der Waals surface area contributed by atoms with Crippen molar-refractivity contribution in [1.29, 1.82) is 0 Å². The van der Waals surface area contributed by atoms with Gasteiger partial charge in [0.25, 0.3) is 0 Å². The van der Waals surface area contributed by atoms with Crippen molar-refractivity contribution in [3.63, 3.8) is 0 Å². The van der Waals surface area contributed by atoms with E-state index in [9.17, 15) is 9.59 Å². The molecule has 0 saturated heterocycles. The van der Waals surface area contributed by atoms with E-state index in [1.165, 1.54) is 32.1 Å². The quantitative estimate of drug-likeness (QED) is 0.250. The number of hydrogen-bond donors (Lipinski definition) is 0. The highest BCUT2D eigenvalue weighted by atomic mass is 16.6. The molecular formula is C20H34O4. The highest BCUT2D eigenvalue weighted by Gasteiger charge is 2.16. The summed E-state index contributed by atoms with van der Waals surface area (Å²) in [4.78, 5) is 23.1. The summed E-state index contributed by atoms with van der Waals surface area (Å²) in [5.74, 6) is -0.787. The molecule has 0 aromatic carbocycles. The third kappa shape index (κ3) is 11.9. The van der Waals surface area contributed by atoms with E-state index in [1.54, 1.807) is 13.8 Å². The van der Waals surface area contributed by atoms with Gasteiger partial charge in [-0.1, -0.05) is 58.6 Å². The molecule has 0 saturated carbocycles. The summed E-state index contributed by atoms with van der Waals surface area (Å²) in [5.41, 5.74) is 0.760. The van der Waals surface area contributed by atoms with Gasteiger partial charge in [0.05, 0.1) is 6.61 Å². The average molecular weight is 338 g/mol. The monoisotopic (exact) mass is 338 g/mol. The maximum atomic E-state index is 11.7. The molecule has 0 fully saturated rings. The Morgan fingerprint density at radius 2 is 1.38 bits per heavy atom. The Morgan fingerprint density at radius 1 is 0.833 bits per heavy atom. The van der Waals surface area contributed by atoms with E-state index >= 15 is 0 Å². The van der Waals surface area contributed by atoms with Crippen molar-refractivity contribution in [2.45, 2.75) is 84.7 Å². The fraction of sp³-hybridized carbons (Fsp3) is 0.700. The molecule has 0 aromatic rings. The van der Waals surface area contributed by atoms with Crippen molar-refractivity contribution in [1.82, 2.24) is 0 Å². The van der Waals surface area contributed by atoms with Gasteiger partial charge in [0.2, 0.25) is 0 Å². The van der Waals surface area contributed by atoms with Crippen molar-refractivity contribution >= 4 is 11.9 Å². The van der Waals surface area contributed by atoms with Crippen molar-refractivity contribution in [2.24, 2.45) is 0 Å². The second kappa shape index (κ2) is 13.8. The van der Waals surface area contributed by atoms with Crippen molar-refractivity contribution in [3.05, 3.63) is 24.3 Å². The highest BCUT2D eigenvalue weighted by Crippen LogP contribution is 2.15. The summed E-state index contributed by atoms with van der Waals surface area (Å²) in [7, 11) is 0. The lowest BCUT2D eigenvalue weighted by molar-refractivity contribution is -0.146. The third-order valence-electron chi connectivity index (χ3n) is 3.77. The van der Waals surface area contributed by atoms with Crippen molar-refractivity contribution < 1.29 is 19.1 Å². The normalized spacial score (nSPS) is 11.6. The summed E-state index contributed by atoms with van der Waals surface area (Å²) >= 11 is 0. The van der Waals surface area contributed by atoms with Crippen LogP contribution in [0, 0.1) is 0 Å². The molecule has 24 heavy (non-hydrogen) atoms. The fourth-order valence-corrected chi connectivity index (χ4v) is 2.25. The molecule has 0 aromatic heterocycles. The number of carbonyl (C=O) groups is 2. The topological polar surface area (TPSA) is 52.6 Å². The molecule has 0 aliphatic rings. The van der Waals surface area contributed by atoms with Crippen LogP contribution >= 0.6 is 0 Å². The minimum absolute atomic E-state index is 0.232. The van der Waals surface area contributed by atoms with Gasteiger partial charge < -0.3 is 9.47 Å². The lowest BCUT2D eigenvalue weighted by Gasteiger charge is -2.18. The van der Waals surface area contributed by atoms with E-state index in [1.807, 2.05) is 0 Å². The Bertz CT molecular complexity index is 412. The lowest BCUT2D eigenvalue weighted by atomic mass is 10.0. The van der Waals surface area contributed by atoms with Gasteiger partial charge in [-0.2, -0.15) is 0 Å². The van der Waals surface area contributed by atoms with Crippen LogP contribution in [-0.2, 0) is 19.1 Å². The standard InChI is InChI=1S/C20H34O4/c1-6-7-8-9-10-11-12-13-18(24-20(22)17(4)5)14-15-23-19(21)16(2)3/h18H,2,4,6-15H2,1,3,5H3. The summed E-state index contributed by atoms with van der Waals surface area (Å²) in [6, 6.07) is 0. The highest BCUT2D eigenvalue weighted by molar-refractivity contribution is 5.87. The first-order valence-electron chi connectivity index (χ1n) is 9.07. The van der Waals surface area contributed by atoms with Gasteiger partial charge in [-0.25, -0.2) is 9.59 Å². The molecule has 1 atom stereocenters. The van der Waals surface area contributed by atoms with Gasteiger partial charge in [0.1, 0.15) is 6.10 Å². The van der Waals surface area contributed by atoms with Gasteiger partial charge in [-0.3, -0.25) is 0 Å². The van der Waals surface area contributed by atoms with Gasteiger partial charge in [-0.05, 0) is 26.7 Å². The Balaban J connectivity index is 4.13. The number of unbranched alkanes of at least 4 members (excludes halogenated alkanes) is 6. The zero-order valence-electron chi connectivity index (χ0n) is 15.7. The first-order chi connectivity index (χ1) is 11.4. The van der Waals surface area contributed by atoms with Gasteiger partial charge in [-0.15, -0.1) is 0 Å². The molecule has 4 nitrogen and oxygen atoms in total. The van der Waals surface area contributed by atoms with Crippen LogP contribution in [0.4, 0.5) is 0 Å². The number of carbonyl (C=O) groups excluding carboxylic acids is 2. The predicted octanol–water partition coefficient (Wildman–Crippen LogP) is 5.12. The fourth-order valence-electron chi connectivity index (χ4n) is 2.25. The summed E-state index contributed by atoms with van der Waals surface area (Å²) in [6.45, 7) is 12.8. The largest absolute Gasteiger partial charge is 0.462 e. The summed E-state index contributed by atoms with van der Waals surface area (Å²) in [6.07, 6.45) is 9.53. The van der Waals surface area contributed by atoms with Crippen LogP contribution in [-0.4, -0.2) is 24.6 Å². The lowest BCUT2D eigenvalue weighted by Crippen LogP contribution is -2.21. The Morgan fingerprint density at radius 3 is 1.92 bits per heavy atom. The minimum Gasteiger partial charge on any atom is -0.462 e. The van der Waals surface area contributed by atoms with E-state index in [0.717, 1.165) is 19.3 Å². The van der Waals surface area contributed by atoms with E-state index in [0.29, 0.717) is 17.6 Å². The maximum absolute atomic E-state index is 11.7. The summed E-state index contributed by atoms with van der Waals surface area (Å²) in [5, 5.41) is 0. The average Bonchev–Trinajstić information content (AvgIpc) is 2.53. The number of rotatable bonds is 14. The third-order valence-corrected chi connectivity index (χ3v) is 3.77. The maximum Gasteiger partial charge on any atom is 0.333 e. The second-order valence-corrected chi connectivity index (χ2v) is 6.42. The van der Waals surface area contributed by atoms with E-state index < -0.39 is 5.97 Å². The van der Waals surface area contributed by atoms with Crippen LogP contribution in [0.25, 0.3) is 0 Å². The van der Waals surface area contributed by atoms with E-state index in [2.05, 4.69) is 20.1 Å². The molecule has 0 radical (unpaired) electrons. The first-order valence-corrected chi connectivity index (χ1v) is 9.07. The summed E-state index contributed by atoms with van der Waals surface area (Å²) < 4.78 is 10.5. The molecule has 0 aliphatic carbocycles. The molecule has 0 bridgehead atoms. The van der Waals surface area contributed by atoms with E-state index in [-0.39, 0.29) is 18.7 Å². The zero-order valence-corrected chi connectivity index (χ0v) is 15.7. The zero-order chi connectivity index (χ0) is 18.4. The van der Waals surface area contributed by atoms with Crippen molar-refractivity contribution in [2.75, 3.05) is 6.61 Å². The van der Waals surface area contributed by atoms with Crippen LogP contribution in [0.3, 0.4) is 0 Å². The molecule has 4 heteroatoms. The number of esters is 2. The van der Waals surface area contributed by atoms with E-state index in [4.69, 9.17) is 9.47 Å². The van der Waals surface area contributed by atoms with Gasteiger partial charge >= 0.3 is 11.9 Å². The number of hydrogen-bond acceptors (Lipinski definition) is 4. The number of ether oxygens (including phenoxy) is 2. The molecular weight excluding hydrogens is 304 g/mol. The Kier molecular flexibility index (Phi) is 12.9. The molecule has 1 unspecified atom stereocenters. The van der Waals surface area contributed by atoms with Crippen LogP contribution < -0.4 is 0 Å². The minimum atomic E-state index is -0.407. The van der Waals surface area contributed by atoms with Gasteiger partial charge in [0, 0.05) is 17.6 Å². The Hall–Kier alpha value is -1.58. The molecule has 138 valence electrons. The SMILES string of the molecule is C=C(C)C(=O)OCCC(CCCCCCCCC)OC(=O)C(=C)C. The molecule has 0 amide bonds. The predicted molar refractivity (Wildman–Crippen MR) is 97.7 cm³/mol. The van der Waals surface area contributed by atoms with Gasteiger partial charge in [0.15, 0.2) is 0 Å². The first kappa shape index (κ1) is 22.4. The molecule has 0 rings (SSSR count). The molecule has 0 spiro atoms. The second-order valence-electron chi connectivity index (χ2n) is 6.42. The van der Waals surface area contributed by atoms with Crippen molar-refractivity contribution in [3.8, 4) is 0 Å². The van der Waals surface area contributed by atoms with Crippen LogP contribution in [0.15, 0.2) is 24.3 Å². The molecule has 0 heterocycles.